The minimum Gasteiger partial charge on any atom is -0.445 e. The molecule has 0 aromatic heterocycles. The highest BCUT2D eigenvalue weighted by molar-refractivity contribution is 6.39. The number of benzene rings is 2. The van der Waals surface area contributed by atoms with E-state index >= 15 is 0 Å². The van der Waals surface area contributed by atoms with E-state index in [9.17, 15) is 4.79 Å². The second-order valence-electron chi connectivity index (χ2n) is 4.74. The zero-order chi connectivity index (χ0) is 16.7. The van der Waals surface area contributed by atoms with E-state index in [2.05, 4.69) is 5.32 Å². The largest absolute Gasteiger partial charge is 0.445 e. The third-order valence-corrected chi connectivity index (χ3v) is 3.61. The Morgan fingerprint density at radius 2 is 1.83 bits per heavy atom. The maximum atomic E-state index is 11.6. The van der Waals surface area contributed by atoms with Crippen molar-refractivity contribution in [3.05, 3.63) is 69.7 Å². The monoisotopic (exact) mass is 350 g/mol. The molecule has 0 aliphatic heterocycles. The molecule has 2 aromatic rings. The minimum atomic E-state index is -0.480. The topological polar surface area (TPSA) is 64.3 Å². The number of halogens is 2. The van der Waals surface area contributed by atoms with Crippen molar-refractivity contribution in [2.75, 3.05) is 12.3 Å². The number of rotatable bonds is 5. The Morgan fingerprint density at radius 3 is 2.48 bits per heavy atom. The van der Waals surface area contributed by atoms with Crippen LogP contribution in [0.5, 0.6) is 0 Å². The van der Waals surface area contributed by atoms with Crippen LogP contribution in [-0.2, 0) is 11.3 Å². The van der Waals surface area contributed by atoms with Crippen LogP contribution in [0.3, 0.4) is 0 Å². The molecule has 0 saturated carbocycles. The molecule has 0 aliphatic carbocycles. The summed E-state index contributed by atoms with van der Waals surface area (Å²) in [7, 11) is 0. The number of hydrogen-bond donors (Lipinski definition) is 2. The lowest BCUT2D eigenvalue weighted by molar-refractivity contribution is 0.141. The summed E-state index contributed by atoms with van der Waals surface area (Å²) >= 11 is 11.9. The second kappa shape index (κ2) is 8.46. The molecule has 0 heterocycles. The average Bonchev–Trinajstić information content (AvgIpc) is 2.55. The number of carbonyl (C=O) groups is 1. The first-order chi connectivity index (χ1) is 11.1. The maximum Gasteiger partial charge on any atom is 0.407 e. The number of nitrogen functional groups attached to an aromatic ring is 1. The highest BCUT2D eigenvalue weighted by Crippen LogP contribution is 2.29. The molecule has 2 rings (SSSR count). The molecule has 0 fully saturated rings. The lowest BCUT2D eigenvalue weighted by Crippen LogP contribution is -2.24. The van der Waals surface area contributed by atoms with Crippen molar-refractivity contribution < 1.29 is 9.53 Å². The smallest absolute Gasteiger partial charge is 0.407 e. The number of ether oxygens (including phenoxy) is 1. The van der Waals surface area contributed by atoms with Gasteiger partial charge in [-0.2, -0.15) is 0 Å². The van der Waals surface area contributed by atoms with Gasteiger partial charge in [0.1, 0.15) is 6.61 Å². The molecule has 0 aliphatic rings. The number of amides is 1. The molecular weight excluding hydrogens is 335 g/mol. The van der Waals surface area contributed by atoms with Crippen LogP contribution in [0.2, 0.25) is 10.0 Å². The highest BCUT2D eigenvalue weighted by atomic mass is 35.5. The molecule has 3 N–H and O–H groups in total. The molecule has 0 saturated heterocycles. The lowest BCUT2D eigenvalue weighted by Gasteiger charge is -2.05. The quantitative estimate of drug-likeness (QED) is 0.779. The Morgan fingerprint density at radius 1 is 1.17 bits per heavy atom. The second-order valence-corrected chi connectivity index (χ2v) is 5.56. The van der Waals surface area contributed by atoms with Gasteiger partial charge in [-0.3, -0.25) is 0 Å². The molecule has 0 bridgehead atoms. The van der Waals surface area contributed by atoms with Gasteiger partial charge in [0.25, 0.3) is 0 Å². The van der Waals surface area contributed by atoms with Crippen LogP contribution in [-0.4, -0.2) is 12.6 Å². The van der Waals surface area contributed by atoms with Crippen LogP contribution in [0.1, 0.15) is 11.1 Å². The van der Waals surface area contributed by atoms with E-state index in [0.717, 1.165) is 11.1 Å². The summed E-state index contributed by atoms with van der Waals surface area (Å²) in [6.45, 7) is 0.562. The van der Waals surface area contributed by atoms with Gasteiger partial charge in [-0.15, -0.1) is 0 Å². The third-order valence-electron chi connectivity index (χ3n) is 2.99. The Kier molecular flexibility index (Phi) is 6.32. The number of carbonyl (C=O) groups excluding carboxylic acids is 1. The number of alkyl carbamates (subject to hydrolysis) is 1. The van der Waals surface area contributed by atoms with Crippen molar-refractivity contribution in [2.45, 2.75) is 6.61 Å². The van der Waals surface area contributed by atoms with Crippen LogP contribution < -0.4 is 11.1 Å². The van der Waals surface area contributed by atoms with Crippen molar-refractivity contribution in [3.63, 3.8) is 0 Å². The van der Waals surface area contributed by atoms with Gasteiger partial charge in [0.05, 0.1) is 15.7 Å². The number of nitrogens with one attached hydrogen (secondary N) is 1. The predicted molar refractivity (Wildman–Crippen MR) is 94.5 cm³/mol. The minimum absolute atomic E-state index is 0.236. The van der Waals surface area contributed by atoms with Gasteiger partial charge in [0, 0.05) is 6.54 Å². The van der Waals surface area contributed by atoms with Crippen molar-refractivity contribution in [1.29, 1.82) is 0 Å². The summed E-state index contributed by atoms with van der Waals surface area (Å²) < 4.78 is 5.09. The fourth-order valence-electron chi connectivity index (χ4n) is 1.81. The molecule has 0 atom stereocenters. The summed E-state index contributed by atoms with van der Waals surface area (Å²) in [6.07, 6.45) is 3.07. The van der Waals surface area contributed by atoms with Gasteiger partial charge in [-0.25, -0.2) is 4.79 Å². The predicted octanol–water partition coefficient (Wildman–Crippen LogP) is 4.52. The van der Waals surface area contributed by atoms with Crippen LogP contribution in [0, 0.1) is 0 Å². The van der Waals surface area contributed by atoms with Crippen molar-refractivity contribution in [2.24, 2.45) is 0 Å². The van der Waals surface area contributed by atoms with Gasteiger partial charge in [0.2, 0.25) is 0 Å². The van der Waals surface area contributed by atoms with Crippen LogP contribution in [0.15, 0.2) is 48.5 Å². The molecule has 0 radical (unpaired) electrons. The zero-order valence-corrected chi connectivity index (χ0v) is 13.8. The lowest BCUT2D eigenvalue weighted by atomic mass is 10.2. The Labute approximate surface area is 144 Å². The van der Waals surface area contributed by atoms with Crippen LogP contribution in [0.4, 0.5) is 10.5 Å². The number of nitrogens with two attached hydrogens (primary N) is 1. The molecule has 120 valence electrons. The van der Waals surface area contributed by atoms with Crippen LogP contribution >= 0.6 is 23.2 Å². The van der Waals surface area contributed by atoms with Crippen molar-refractivity contribution in [1.82, 2.24) is 5.32 Å². The summed E-state index contributed by atoms with van der Waals surface area (Å²) in [5, 5.41) is 3.42. The van der Waals surface area contributed by atoms with Gasteiger partial charge in [0.15, 0.2) is 0 Å². The summed E-state index contributed by atoms with van der Waals surface area (Å²) in [5.74, 6) is 0. The molecule has 1 amide bonds. The van der Waals surface area contributed by atoms with Crippen molar-refractivity contribution >= 4 is 41.1 Å². The zero-order valence-electron chi connectivity index (χ0n) is 12.3. The van der Waals surface area contributed by atoms with Crippen molar-refractivity contribution in [3.8, 4) is 0 Å². The Hall–Kier alpha value is -2.17. The van der Waals surface area contributed by atoms with Gasteiger partial charge < -0.3 is 15.8 Å². The third kappa shape index (κ3) is 5.51. The van der Waals surface area contributed by atoms with Crippen LogP contribution in [0.25, 0.3) is 6.08 Å². The normalized spacial score (nSPS) is 10.7. The summed E-state index contributed by atoms with van der Waals surface area (Å²) in [5.41, 5.74) is 7.75. The number of hydrogen-bond acceptors (Lipinski definition) is 3. The molecule has 23 heavy (non-hydrogen) atoms. The van der Waals surface area contributed by atoms with E-state index < -0.39 is 6.09 Å². The van der Waals surface area contributed by atoms with E-state index in [1.54, 1.807) is 24.3 Å². The number of anilines is 1. The molecular formula is C17H16Cl2N2O2. The average molecular weight is 351 g/mol. The SMILES string of the molecule is Nc1c(Cl)cc(C=CCNC(=O)OCc2ccccc2)cc1Cl. The van der Waals surface area contributed by atoms with E-state index in [1.807, 2.05) is 30.3 Å². The first-order valence-electron chi connectivity index (χ1n) is 6.92. The summed E-state index contributed by atoms with van der Waals surface area (Å²) in [4.78, 5) is 11.6. The molecule has 4 nitrogen and oxygen atoms in total. The molecule has 2 aromatic carbocycles. The Bertz CT molecular complexity index is 680. The fourth-order valence-corrected chi connectivity index (χ4v) is 2.32. The summed E-state index contributed by atoms with van der Waals surface area (Å²) in [6, 6.07) is 12.9. The van der Waals surface area contributed by atoms with E-state index in [-0.39, 0.29) is 6.61 Å². The first-order valence-corrected chi connectivity index (χ1v) is 7.67. The van der Waals surface area contributed by atoms with Gasteiger partial charge >= 0.3 is 6.09 Å². The molecule has 0 unspecified atom stereocenters. The fraction of sp³-hybridized carbons (Fsp3) is 0.118. The van der Waals surface area contributed by atoms with Gasteiger partial charge in [-0.1, -0.05) is 65.7 Å². The molecule has 0 spiro atoms. The van der Waals surface area contributed by atoms with E-state index in [4.69, 9.17) is 33.7 Å². The van der Waals surface area contributed by atoms with E-state index in [1.165, 1.54) is 0 Å². The Balaban J connectivity index is 1.77. The maximum absolute atomic E-state index is 11.6. The van der Waals surface area contributed by atoms with Gasteiger partial charge in [-0.05, 0) is 23.3 Å². The van der Waals surface area contributed by atoms with E-state index in [0.29, 0.717) is 22.3 Å². The first kappa shape index (κ1) is 17.2. The highest BCUT2D eigenvalue weighted by Gasteiger charge is 2.03. The molecule has 6 heteroatoms. The standard InChI is InChI=1S/C17H16Cl2N2O2/c18-14-9-13(10-15(19)16(14)20)7-4-8-21-17(22)23-11-12-5-2-1-3-6-12/h1-7,9-10H,8,11,20H2,(H,21,22).